The molecule has 0 fully saturated rings. The molecule has 7 N–H and O–H groups in total. The molecule has 0 aliphatic rings. The standard InChI is InChI=1S/C32H23N5O16S5/c33-32-25(16-29(57(48,49)50)21-13-18(54(39,40)41)14-26(38)31(21)32)37-36-24-11-10-22(34-35-23-8-4-5-9-28(23)56(45,46)47)20-12-19(55(42,43)44)15-27(30(20)24)53-58(51,52)17-6-2-1-3-7-17/h1-16,38H,33H2,(H,39,40,41)(H,42,43,44)(H,45,46,47)(H,48,49,50). The van der Waals surface area contributed by atoms with E-state index >= 15 is 0 Å². The van der Waals surface area contributed by atoms with Gasteiger partial charge in [0.25, 0.3) is 40.5 Å². The van der Waals surface area contributed by atoms with Gasteiger partial charge in [-0.05, 0) is 54.6 Å². The summed E-state index contributed by atoms with van der Waals surface area (Å²) in [5.41, 5.74) is 3.86. The van der Waals surface area contributed by atoms with Gasteiger partial charge in [-0.2, -0.15) is 42.1 Å². The van der Waals surface area contributed by atoms with Gasteiger partial charge < -0.3 is 15.0 Å². The van der Waals surface area contributed by atoms with Crippen LogP contribution in [-0.4, -0.2) is 65.4 Å². The second kappa shape index (κ2) is 14.8. The Morgan fingerprint density at radius 1 is 0.466 bits per heavy atom. The smallest absolute Gasteiger partial charge is 0.339 e. The maximum Gasteiger partial charge on any atom is 0.339 e. The van der Waals surface area contributed by atoms with E-state index in [1.165, 1.54) is 30.3 Å². The average Bonchev–Trinajstić information content (AvgIpc) is 3.12. The van der Waals surface area contributed by atoms with Crippen LogP contribution < -0.4 is 9.92 Å². The average molecular weight is 894 g/mol. The predicted molar refractivity (Wildman–Crippen MR) is 202 cm³/mol. The fourth-order valence-corrected chi connectivity index (χ4v) is 8.76. The first-order valence-electron chi connectivity index (χ1n) is 15.4. The Kier molecular flexibility index (Phi) is 10.6. The zero-order chi connectivity index (χ0) is 42.6. The summed E-state index contributed by atoms with van der Waals surface area (Å²) in [5, 5.41) is 24.4. The van der Waals surface area contributed by atoms with Crippen molar-refractivity contribution in [2.24, 2.45) is 20.5 Å². The van der Waals surface area contributed by atoms with Crippen LogP contribution in [0.25, 0.3) is 21.5 Å². The van der Waals surface area contributed by atoms with Crippen molar-refractivity contribution in [2.75, 3.05) is 5.73 Å². The fraction of sp³-hybridized carbons (Fsp3) is 0. The minimum Gasteiger partial charge on any atom is -0.507 e. The number of nitrogens with zero attached hydrogens (tertiary/aromatic N) is 4. The number of nitrogens with two attached hydrogens (primary N) is 1. The molecular weight excluding hydrogens is 871 g/mol. The SMILES string of the molecule is Nc1c(N=Nc2ccc(N=Nc3ccccc3S(=O)(=O)O)c3cc(S(=O)(=O)O)cc(OS(=O)(=O)c4ccccc4)c23)cc(S(=O)(=O)O)c2cc(S(=O)(=O)O)cc(O)c12. The van der Waals surface area contributed by atoms with E-state index in [1.807, 2.05) is 0 Å². The fourth-order valence-electron chi connectivity index (χ4n) is 5.43. The first-order valence-corrected chi connectivity index (χ1v) is 22.5. The van der Waals surface area contributed by atoms with Gasteiger partial charge in [0.05, 0.1) is 37.6 Å². The summed E-state index contributed by atoms with van der Waals surface area (Å²) in [4.78, 5) is -4.07. The molecule has 6 rings (SSSR count). The van der Waals surface area contributed by atoms with Crippen LogP contribution in [0, 0.1) is 0 Å². The van der Waals surface area contributed by atoms with E-state index in [-0.39, 0.29) is 5.69 Å². The number of hydrogen-bond acceptors (Lipinski definition) is 17. The zero-order valence-corrected chi connectivity index (χ0v) is 32.5. The van der Waals surface area contributed by atoms with Gasteiger partial charge >= 0.3 is 10.1 Å². The molecule has 0 heterocycles. The maximum atomic E-state index is 13.5. The topological polar surface area (TPSA) is 357 Å². The van der Waals surface area contributed by atoms with Crippen molar-refractivity contribution in [3.63, 3.8) is 0 Å². The van der Waals surface area contributed by atoms with E-state index in [1.54, 1.807) is 0 Å². The predicted octanol–water partition coefficient (Wildman–Crippen LogP) is 5.87. The van der Waals surface area contributed by atoms with Gasteiger partial charge in [0, 0.05) is 22.9 Å². The van der Waals surface area contributed by atoms with Crippen molar-refractivity contribution in [3.05, 3.63) is 97.1 Å². The summed E-state index contributed by atoms with van der Waals surface area (Å²) in [6.45, 7) is 0. The minimum absolute atomic E-state index is 0.343. The second-order valence-electron chi connectivity index (χ2n) is 11.7. The maximum absolute atomic E-state index is 13.5. The van der Waals surface area contributed by atoms with Gasteiger partial charge in [0.15, 0.2) is 5.75 Å². The van der Waals surface area contributed by atoms with Crippen LogP contribution >= 0.6 is 0 Å². The van der Waals surface area contributed by atoms with Crippen LogP contribution in [0.2, 0.25) is 0 Å². The lowest BCUT2D eigenvalue weighted by Gasteiger charge is -2.14. The molecule has 0 saturated heterocycles. The molecule has 26 heteroatoms. The van der Waals surface area contributed by atoms with Crippen molar-refractivity contribution in [3.8, 4) is 11.5 Å². The summed E-state index contributed by atoms with van der Waals surface area (Å²) < 4.78 is 169. The van der Waals surface area contributed by atoms with E-state index < -0.39 is 131 Å². The number of phenolic OH excluding ortho intramolecular Hbond substituents is 1. The molecule has 0 radical (unpaired) electrons. The number of nitrogen functional groups attached to an aromatic ring is 1. The number of phenols is 1. The Morgan fingerprint density at radius 2 is 0.983 bits per heavy atom. The number of anilines is 1. The van der Waals surface area contributed by atoms with E-state index in [9.17, 15) is 65.4 Å². The molecule has 0 aromatic heterocycles. The quantitative estimate of drug-likeness (QED) is 0.0383. The third kappa shape index (κ3) is 8.49. The van der Waals surface area contributed by atoms with Crippen LogP contribution in [0.3, 0.4) is 0 Å². The van der Waals surface area contributed by atoms with E-state index in [0.717, 1.165) is 42.5 Å². The molecule has 0 bridgehead atoms. The highest BCUT2D eigenvalue weighted by molar-refractivity contribution is 7.87. The summed E-state index contributed by atoms with van der Waals surface area (Å²) in [5.74, 6) is -1.81. The summed E-state index contributed by atoms with van der Waals surface area (Å²) in [6, 6.07) is 16.6. The monoisotopic (exact) mass is 893 g/mol. The van der Waals surface area contributed by atoms with E-state index in [0.29, 0.717) is 24.3 Å². The van der Waals surface area contributed by atoms with Crippen molar-refractivity contribution < 1.29 is 69.6 Å². The highest BCUT2D eigenvalue weighted by atomic mass is 32.2. The summed E-state index contributed by atoms with van der Waals surface area (Å²) in [6.07, 6.45) is 0. The van der Waals surface area contributed by atoms with Crippen molar-refractivity contribution in [1.29, 1.82) is 0 Å². The van der Waals surface area contributed by atoms with E-state index in [4.69, 9.17) is 9.92 Å². The summed E-state index contributed by atoms with van der Waals surface area (Å²) in [7, 11) is -25.1. The molecule has 302 valence electrons. The summed E-state index contributed by atoms with van der Waals surface area (Å²) >= 11 is 0. The molecule has 58 heavy (non-hydrogen) atoms. The third-order valence-corrected chi connectivity index (χ3v) is 12.7. The Labute approximate surface area is 327 Å². The number of azo groups is 2. The van der Waals surface area contributed by atoms with Crippen LogP contribution in [0.15, 0.2) is 142 Å². The molecule has 0 aliphatic carbocycles. The number of fused-ring (bicyclic) bond motifs is 2. The second-order valence-corrected chi connectivity index (χ2v) is 18.9. The number of benzene rings is 6. The van der Waals surface area contributed by atoms with Crippen molar-refractivity contribution in [1.82, 2.24) is 0 Å². The molecule has 21 nitrogen and oxygen atoms in total. The zero-order valence-electron chi connectivity index (χ0n) is 28.4. The van der Waals surface area contributed by atoms with Gasteiger partial charge in [-0.3, -0.25) is 18.2 Å². The van der Waals surface area contributed by atoms with Gasteiger partial charge in [0.1, 0.15) is 31.8 Å². The van der Waals surface area contributed by atoms with Gasteiger partial charge in [-0.15, -0.1) is 20.5 Å². The highest BCUT2D eigenvalue weighted by Crippen LogP contribution is 2.46. The Hall–Kier alpha value is -5.97. The van der Waals surface area contributed by atoms with Crippen LogP contribution in [0.5, 0.6) is 11.5 Å². The molecule has 0 unspecified atom stereocenters. The largest absolute Gasteiger partial charge is 0.507 e. The Balaban J connectivity index is 1.66. The van der Waals surface area contributed by atoms with Gasteiger partial charge in [0.2, 0.25) is 0 Å². The third-order valence-electron chi connectivity index (χ3n) is 7.96. The molecule has 0 atom stereocenters. The first-order chi connectivity index (χ1) is 26.9. The molecule has 6 aromatic rings. The molecule has 0 saturated carbocycles. The molecule has 0 amide bonds. The minimum atomic E-state index is -5.27. The lowest BCUT2D eigenvalue weighted by atomic mass is 10.1. The lowest BCUT2D eigenvalue weighted by Crippen LogP contribution is -2.10. The van der Waals surface area contributed by atoms with Gasteiger partial charge in [-0.1, -0.05) is 30.3 Å². The molecule has 0 spiro atoms. The van der Waals surface area contributed by atoms with Gasteiger partial charge in [-0.25, -0.2) is 0 Å². The Morgan fingerprint density at radius 3 is 1.60 bits per heavy atom. The normalized spacial score (nSPS) is 13.2. The van der Waals surface area contributed by atoms with Crippen LogP contribution in [-0.2, 0) is 50.6 Å². The first kappa shape index (κ1) is 41.7. The Bertz CT molecular complexity index is 3340. The van der Waals surface area contributed by atoms with Crippen LogP contribution in [0.4, 0.5) is 28.4 Å². The molecule has 6 aromatic carbocycles. The molecular formula is C32H23N5O16S5. The van der Waals surface area contributed by atoms with Crippen molar-refractivity contribution in [2.45, 2.75) is 24.5 Å². The molecule has 0 aliphatic heterocycles. The highest BCUT2D eigenvalue weighted by Gasteiger charge is 2.26. The van der Waals surface area contributed by atoms with Crippen LogP contribution in [0.1, 0.15) is 0 Å². The number of rotatable bonds is 11. The number of hydrogen-bond donors (Lipinski definition) is 6. The van der Waals surface area contributed by atoms with E-state index in [2.05, 4.69) is 20.5 Å². The lowest BCUT2D eigenvalue weighted by molar-refractivity contribution is 0.470. The number of aromatic hydroxyl groups is 1. The van der Waals surface area contributed by atoms with Crippen molar-refractivity contribution >= 4 is 101 Å².